The average molecular weight is 291 g/mol. The van der Waals surface area contributed by atoms with Gasteiger partial charge in [-0.05, 0) is 19.9 Å². The molecule has 0 heterocycles. The van der Waals surface area contributed by atoms with Crippen LogP contribution in [0, 0.1) is 0 Å². The third-order valence-electron chi connectivity index (χ3n) is 2.74. The van der Waals surface area contributed by atoms with Crippen LogP contribution in [0.4, 0.5) is 13.2 Å². The largest absolute Gasteiger partial charge is 0.493 e. The highest BCUT2D eigenvalue weighted by Crippen LogP contribution is 2.31. The summed E-state index contributed by atoms with van der Waals surface area (Å²) in [4.78, 5) is 0. The van der Waals surface area contributed by atoms with Gasteiger partial charge in [-0.15, -0.1) is 0 Å². The average Bonchev–Trinajstić information content (AvgIpc) is 2.35. The monoisotopic (exact) mass is 291 g/mol. The van der Waals surface area contributed by atoms with Crippen molar-refractivity contribution < 1.29 is 22.6 Å². The van der Waals surface area contributed by atoms with E-state index in [1.54, 1.807) is 18.2 Å². The molecular weight excluding hydrogens is 271 g/mol. The fraction of sp³-hybridized carbons (Fsp3) is 0.571. The summed E-state index contributed by atoms with van der Waals surface area (Å²) in [5, 5.41) is 2.84. The molecule has 0 bridgehead atoms. The SMILES string of the molecule is CCOc1cccc(CNC(C)CC(F)(F)F)c1OC. The van der Waals surface area contributed by atoms with E-state index in [2.05, 4.69) is 5.32 Å². The van der Waals surface area contributed by atoms with E-state index in [1.807, 2.05) is 6.92 Å². The Kier molecular flexibility index (Phi) is 6.13. The molecule has 0 aliphatic rings. The third-order valence-corrected chi connectivity index (χ3v) is 2.74. The molecule has 1 aromatic rings. The van der Waals surface area contributed by atoms with E-state index in [-0.39, 0.29) is 0 Å². The number of halogens is 3. The molecule has 0 amide bonds. The number of nitrogens with one attached hydrogen (secondary N) is 1. The first kappa shape index (κ1) is 16.6. The Morgan fingerprint density at radius 2 is 2.00 bits per heavy atom. The van der Waals surface area contributed by atoms with E-state index in [9.17, 15) is 13.2 Å². The highest BCUT2D eigenvalue weighted by atomic mass is 19.4. The number of para-hydroxylation sites is 1. The molecule has 20 heavy (non-hydrogen) atoms. The predicted octanol–water partition coefficient (Wildman–Crippen LogP) is 3.52. The fourth-order valence-electron chi connectivity index (χ4n) is 1.90. The van der Waals surface area contributed by atoms with Crippen LogP contribution in [0.2, 0.25) is 0 Å². The zero-order valence-electron chi connectivity index (χ0n) is 11.9. The van der Waals surface area contributed by atoms with Crippen LogP contribution in [-0.2, 0) is 6.54 Å². The van der Waals surface area contributed by atoms with Crippen molar-refractivity contribution >= 4 is 0 Å². The molecule has 6 heteroatoms. The fourth-order valence-corrected chi connectivity index (χ4v) is 1.90. The van der Waals surface area contributed by atoms with E-state index in [0.717, 1.165) is 5.56 Å². The van der Waals surface area contributed by atoms with Crippen molar-refractivity contribution in [2.75, 3.05) is 13.7 Å². The van der Waals surface area contributed by atoms with Crippen LogP contribution in [-0.4, -0.2) is 25.9 Å². The van der Waals surface area contributed by atoms with Crippen LogP contribution in [0.3, 0.4) is 0 Å². The molecule has 0 fully saturated rings. The second-order valence-electron chi connectivity index (χ2n) is 4.48. The van der Waals surface area contributed by atoms with Crippen molar-refractivity contribution in [2.45, 2.75) is 39.0 Å². The number of hydrogen-bond donors (Lipinski definition) is 1. The van der Waals surface area contributed by atoms with E-state index in [4.69, 9.17) is 9.47 Å². The normalized spacial score (nSPS) is 13.1. The maximum atomic E-state index is 12.3. The van der Waals surface area contributed by atoms with Gasteiger partial charge >= 0.3 is 6.18 Å². The summed E-state index contributed by atoms with van der Waals surface area (Å²) < 4.78 is 47.5. The Hall–Kier alpha value is -1.43. The summed E-state index contributed by atoms with van der Waals surface area (Å²) in [5.41, 5.74) is 0.771. The van der Waals surface area contributed by atoms with Gasteiger partial charge in [0.2, 0.25) is 0 Å². The van der Waals surface area contributed by atoms with E-state index >= 15 is 0 Å². The lowest BCUT2D eigenvalue weighted by molar-refractivity contribution is -0.139. The van der Waals surface area contributed by atoms with Crippen LogP contribution in [0.15, 0.2) is 18.2 Å². The molecule has 0 aliphatic heterocycles. The molecule has 1 N–H and O–H groups in total. The van der Waals surface area contributed by atoms with Crippen LogP contribution >= 0.6 is 0 Å². The molecular formula is C14H20F3NO2. The minimum atomic E-state index is -4.16. The molecule has 114 valence electrons. The standard InChI is InChI=1S/C14H20F3NO2/c1-4-20-12-7-5-6-11(13(12)19-3)9-18-10(2)8-14(15,16)17/h5-7,10,18H,4,8-9H2,1-3H3. The van der Waals surface area contributed by atoms with Gasteiger partial charge in [-0.2, -0.15) is 13.2 Å². The van der Waals surface area contributed by atoms with Crippen LogP contribution in [0.1, 0.15) is 25.8 Å². The van der Waals surface area contributed by atoms with Gasteiger partial charge in [0.25, 0.3) is 0 Å². The summed E-state index contributed by atoms with van der Waals surface area (Å²) >= 11 is 0. The lowest BCUT2D eigenvalue weighted by Gasteiger charge is -2.18. The number of hydrogen-bond acceptors (Lipinski definition) is 3. The zero-order valence-corrected chi connectivity index (χ0v) is 11.9. The molecule has 1 rings (SSSR count). The first-order valence-electron chi connectivity index (χ1n) is 6.46. The summed E-state index contributed by atoms with van der Waals surface area (Å²) in [6.07, 6.45) is -5.02. The minimum absolute atomic E-state index is 0.293. The maximum Gasteiger partial charge on any atom is 0.390 e. The molecule has 0 aliphatic carbocycles. The highest BCUT2D eigenvalue weighted by molar-refractivity contribution is 5.46. The summed E-state index contributed by atoms with van der Waals surface area (Å²) in [6.45, 7) is 4.15. The molecule has 0 radical (unpaired) electrons. The Bertz CT molecular complexity index is 421. The number of alkyl halides is 3. The number of rotatable bonds is 7. The van der Waals surface area contributed by atoms with Crippen molar-refractivity contribution in [3.05, 3.63) is 23.8 Å². The van der Waals surface area contributed by atoms with Gasteiger partial charge in [0.1, 0.15) is 0 Å². The van der Waals surface area contributed by atoms with Crippen LogP contribution in [0.25, 0.3) is 0 Å². The summed E-state index contributed by atoms with van der Waals surface area (Å²) in [6, 6.07) is 4.70. The van der Waals surface area contributed by atoms with E-state index in [0.29, 0.717) is 24.7 Å². The smallest absolute Gasteiger partial charge is 0.390 e. The topological polar surface area (TPSA) is 30.5 Å². The van der Waals surface area contributed by atoms with E-state index < -0.39 is 18.6 Å². The number of ether oxygens (including phenoxy) is 2. The van der Waals surface area contributed by atoms with Crippen molar-refractivity contribution in [1.82, 2.24) is 5.32 Å². The predicted molar refractivity (Wildman–Crippen MR) is 71.1 cm³/mol. The molecule has 1 aromatic carbocycles. The maximum absolute atomic E-state index is 12.3. The Morgan fingerprint density at radius 1 is 1.30 bits per heavy atom. The van der Waals surface area contributed by atoms with Crippen molar-refractivity contribution in [3.63, 3.8) is 0 Å². The molecule has 0 saturated carbocycles. The molecule has 0 aromatic heterocycles. The van der Waals surface area contributed by atoms with E-state index in [1.165, 1.54) is 14.0 Å². The lowest BCUT2D eigenvalue weighted by atomic mass is 10.1. The second kappa shape index (κ2) is 7.38. The van der Waals surface area contributed by atoms with Crippen LogP contribution < -0.4 is 14.8 Å². The van der Waals surface area contributed by atoms with Crippen molar-refractivity contribution in [3.8, 4) is 11.5 Å². The van der Waals surface area contributed by atoms with Gasteiger partial charge in [-0.1, -0.05) is 12.1 Å². The highest BCUT2D eigenvalue weighted by Gasteiger charge is 2.29. The third kappa shape index (κ3) is 5.28. The van der Waals surface area contributed by atoms with Gasteiger partial charge in [0.05, 0.1) is 20.1 Å². The van der Waals surface area contributed by atoms with Crippen LogP contribution in [0.5, 0.6) is 11.5 Å². The molecule has 1 atom stereocenters. The quantitative estimate of drug-likeness (QED) is 0.833. The summed E-state index contributed by atoms with van der Waals surface area (Å²) in [5.74, 6) is 1.15. The Labute approximate surface area is 117 Å². The first-order valence-corrected chi connectivity index (χ1v) is 6.46. The van der Waals surface area contributed by atoms with Gasteiger partial charge in [-0.25, -0.2) is 0 Å². The molecule has 0 saturated heterocycles. The Morgan fingerprint density at radius 3 is 2.55 bits per heavy atom. The molecule has 1 unspecified atom stereocenters. The lowest BCUT2D eigenvalue weighted by Crippen LogP contribution is -2.30. The molecule has 0 spiro atoms. The van der Waals surface area contributed by atoms with Gasteiger partial charge in [0.15, 0.2) is 11.5 Å². The van der Waals surface area contributed by atoms with Gasteiger partial charge in [-0.3, -0.25) is 0 Å². The Balaban J connectivity index is 2.70. The zero-order chi connectivity index (χ0) is 15.2. The number of methoxy groups -OCH3 is 1. The second-order valence-corrected chi connectivity index (χ2v) is 4.48. The minimum Gasteiger partial charge on any atom is -0.493 e. The van der Waals surface area contributed by atoms with Gasteiger partial charge in [0, 0.05) is 18.2 Å². The van der Waals surface area contributed by atoms with Crippen molar-refractivity contribution in [2.24, 2.45) is 0 Å². The van der Waals surface area contributed by atoms with Gasteiger partial charge < -0.3 is 14.8 Å². The number of benzene rings is 1. The van der Waals surface area contributed by atoms with Crippen molar-refractivity contribution in [1.29, 1.82) is 0 Å². The molecule has 3 nitrogen and oxygen atoms in total. The summed E-state index contributed by atoms with van der Waals surface area (Å²) in [7, 11) is 1.51. The first-order chi connectivity index (χ1) is 9.37.